The van der Waals surface area contributed by atoms with Crippen molar-refractivity contribution in [2.45, 2.75) is 26.1 Å². The van der Waals surface area contributed by atoms with E-state index in [9.17, 15) is 13.2 Å². The van der Waals surface area contributed by atoms with Crippen LogP contribution in [0.3, 0.4) is 0 Å². The minimum absolute atomic E-state index is 0.0292. The van der Waals surface area contributed by atoms with Crippen LogP contribution in [0.1, 0.15) is 18.3 Å². The highest BCUT2D eigenvalue weighted by molar-refractivity contribution is 9.10. The lowest BCUT2D eigenvalue weighted by molar-refractivity contribution is -0.148. The maximum atomic E-state index is 12.4. The number of aromatic nitrogens is 2. The van der Waals surface area contributed by atoms with Crippen molar-refractivity contribution in [1.82, 2.24) is 14.7 Å². The van der Waals surface area contributed by atoms with Crippen LogP contribution in [0.2, 0.25) is 0 Å². The van der Waals surface area contributed by atoms with Crippen molar-refractivity contribution in [3.63, 3.8) is 0 Å². The molecule has 4 nitrogen and oxygen atoms in total. The minimum atomic E-state index is -4.28. The van der Waals surface area contributed by atoms with Gasteiger partial charge in [-0.3, -0.25) is 9.58 Å². The third-order valence-electron chi connectivity index (χ3n) is 2.70. The molecule has 0 spiro atoms. The van der Waals surface area contributed by atoms with Crippen LogP contribution in [0.5, 0.6) is 0 Å². The number of aliphatic hydroxyl groups excluding tert-OH is 1. The Balaban J connectivity index is 2.87. The van der Waals surface area contributed by atoms with Crippen LogP contribution in [-0.4, -0.2) is 45.7 Å². The van der Waals surface area contributed by atoms with Crippen molar-refractivity contribution >= 4 is 15.9 Å². The van der Waals surface area contributed by atoms with Crippen LogP contribution < -0.4 is 0 Å². The molecule has 110 valence electrons. The highest BCUT2D eigenvalue weighted by Gasteiger charge is 2.31. The van der Waals surface area contributed by atoms with E-state index in [0.717, 1.165) is 15.1 Å². The molecule has 1 rings (SSSR count). The van der Waals surface area contributed by atoms with Gasteiger partial charge in [-0.2, -0.15) is 18.3 Å². The summed E-state index contributed by atoms with van der Waals surface area (Å²) in [6.45, 7) is 0.625. The molecule has 0 aliphatic rings. The lowest BCUT2D eigenvalue weighted by Crippen LogP contribution is -2.36. The molecular weight excluding hydrogens is 327 g/mol. The molecule has 0 unspecified atom stereocenters. The van der Waals surface area contributed by atoms with Gasteiger partial charge in [0, 0.05) is 20.1 Å². The van der Waals surface area contributed by atoms with Crippen molar-refractivity contribution in [2.75, 3.05) is 19.7 Å². The van der Waals surface area contributed by atoms with Gasteiger partial charge in [-0.25, -0.2) is 0 Å². The van der Waals surface area contributed by atoms with Gasteiger partial charge in [0.25, 0.3) is 0 Å². The van der Waals surface area contributed by atoms with E-state index in [1.807, 2.05) is 6.92 Å². The SMILES string of the molecule is CCc1nn(C)c(CN(CCO)CC(F)(F)F)c1Br. The van der Waals surface area contributed by atoms with Crippen molar-refractivity contribution in [3.8, 4) is 0 Å². The second kappa shape index (κ2) is 6.71. The van der Waals surface area contributed by atoms with E-state index in [2.05, 4.69) is 21.0 Å². The van der Waals surface area contributed by atoms with Gasteiger partial charge in [-0.1, -0.05) is 6.92 Å². The topological polar surface area (TPSA) is 41.3 Å². The maximum absolute atomic E-state index is 12.4. The van der Waals surface area contributed by atoms with Crippen LogP contribution in [0, 0.1) is 0 Å². The summed E-state index contributed by atoms with van der Waals surface area (Å²) in [4.78, 5) is 1.15. The van der Waals surface area contributed by atoms with Crippen molar-refractivity contribution in [3.05, 3.63) is 15.9 Å². The molecule has 0 aliphatic carbocycles. The molecule has 0 amide bonds. The smallest absolute Gasteiger partial charge is 0.395 e. The lowest BCUT2D eigenvalue weighted by Gasteiger charge is -2.22. The summed E-state index contributed by atoms with van der Waals surface area (Å²) in [5.74, 6) is 0. The Morgan fingerprint density at radius 1 is 1.42 bits per heavy atom. The monoisotopic (exact) mass is 343 g/mol. The molecule has 0 saturated carbocycles. The zero-order chi connectivity index (χ0) is 14.6. The average Bonchev–Trinajstić information content (AvgIpc) is 2.54. The second-order valence-corrected chi connectivity index (χ2v) is 5.03. The molecule has 1 heterocycles. The largest absolute Gasteiger partial charge is 0.401 e. The van der Waals surface area contributed by atoms with Gasteiger partial charge in [-0.15, -0.1) is 0 Å². The van der Waals surface area contributed by atoms with Crippen LogP contribution in [0.25, 0.3) is 0 Å². The number of halogens is 4. The third kappa shape index (κ3) is 4.77. The van der Waals surface area contributed by atoms with Crippen LogP contribution in [0.15, 0.2) is 4.47 Å². The first-order valence-corrected chi connectivity index (χ1v) is 6.68. The van der Waals surface area contributed by atoms with E-state index in [-0.39, 0.29) is 19.7 Å². The van der Waals surface area contributed by atoms with Crippen LogP contribution in [-0.2, 0) is 20.0 Å². The Morgan fingerprint density at radius 2 is 2.05 bits per heavy atom. The van der Waals surface area contributed by atoms with E-state index < -0.39 is 12.7 Å². The molecule has 1 N–H and O–H groups in total. The number of aliphatic hydroxyl groups is 1. The molecule has 0 bridgehead atoms. The molecule has 0 fully saturated rings. The van der Waals surface area contributed by atoms with Crippen molar-refractivity contribution < 1.29 is 18.3 Å². The van der Waals surface area contributed by atoms with Gasteiger partial charge in [-0.05, 0) is 22.4 Å². The van der Waals surface area contributed by atoms with Gasteiger partial charge in [0.05, 0.1) is 29.0 Å². The number of alkyl halides is 3. The van der Waals surface area contributed by atoms with Crippen LogP contribution in [0.4, 0.5) is 13.2 Å². The molecule has 1 aromatic heterocycles. The molecule has 19 heavy (non-hydrogen) atoms. The minimum Gasteiger partial charge on any atom is -0.395 e. The normalized spacial score (nSPS) is 12.4. The van der Waals surface area contributed by atoms with E-state index in [4.69, 9.17) is 5.11 Å². The molecule has 1 aromatic rings. The van der Waals surface area contributed by atoms with Gasteiger partial charge in [0.1, 0.15) is 0 Å². The second-order valence-electron chi connectivity index (χ2n) is 4.23. The van der Waals surface area contributed by atoms with Gasteiger partial charge in [0.2, 0.25) is 0 Å². The highest BCUT2D eigenvalue weighted by atomic mass is 79.9. The number of hydrogen-bond acceptors (Lipinski definition) is 3. The first kappa shape index (κ1) is 16.5. The fourth-order valence-electron chi connectivity index (χ4n) is 1.81. The quantitative estimate of drug-likeness (QED) is 0.859. The van der Waals surface area contributed by atoms with E-state index in [0.29, 0.717) is 12.1 Å². The molecular formula is C11H17BrF3N3O. The van der Waals surface area contributed by atoms with E-state index >= 15 is 0 Å². The third-order valence-corrected chi connectivity index (χ3v) is 3.61. The summed E-state index contributed by atoms with van der Waals surface area (Å²) in [7, 11) is 1.70. The predicted octanol–water partition coefficient (Wildman–Crippen LogP) is 2.10. The standard InChI is InChI=1S/C11H17BrF3N3O/c1-3-8-10(12)9(17(2)16-8)6-18(4-5-19)7-11(13,14)15/h19H,3-7H2,1-2H3. The number of hydrogen-bond donors (Lipinski definition) is 1. The van der Waals surface area contributed by atoms with E-state index in [1.165, 1.54) is 0 Å². The molecule has 0 aromatic carbocycles. The molecule has 8 heteroatoms. The first-order valence-electron chi connectivity index (χ1n) is 5.88. The lowest BCUT2D eigenvalue weighted by atomic mass is 10.3. The Hall–Kier alpha value is -0.600. The zero-order valence-electron chi connectivity index (χ0n) is 10.8. The molecule has 0 saturated heterocycles. The first-order chi connectivity index (χ1) is 8.78. The Labute approximate surface area is 118 Å². The summed E-state index contributed by atoms with van der Waals surface area (Å²) in [6, 6.07) is 0. The number of aryl methyl sites for hydroxylation is 2. The Kier molecular flexibility index (Phi) is 5.82. The Bertz CT molecular complexity index is 420. The molecule has 0 aliphatic heterocycles. The highest BCUT2D eigenvalue weighted by Crippen LogP contribution is 2.24. The number of nitrogens with zero attached hydrogens (tertiary/aromatic N) is 3. The van der Waals surface area contributed by atoms with Gasteiger partial charge in [0.15, 0.2) is 0 Å². The summed E-state index contributed by atoms with van der Waals surface area (Å²) in [5, 5.41) is 13.1. The van der Waals surface area contributed by atoms with Gasteiger partial charge >= 0.3 is 6.18 Å². The summed E-state index contributed by atoms with van der Waals surface area (Å²) < 4.78 is 39.7. The average molecular weight is 344 g/mol. The molecule has 0 atom stereocenters. The fraction of sp³-hybridized carbons (Fsp3) is 0.727. The number of rotatable bonds is 6. The van der Waals surface area contributed by atoms with Crippen molar-refractivity contribution in [1.29, 1.82) is 0 Å². The fourth-order valence-corrected chi connectivity index (χ4v) is 2.55. The zero-order valence-corrected chi connectivity index (χ0v) is 12.4. The Morgan fingerprint density at radius 3 is 2.47 bits per heavy atom. The maximum Gasteiger partial charge on any atom is 0.401 e. The molecule has 0 radical (unpaired) electrons. The summed E-state index contributed by atoms with van der Waals surface area (Å²) >= 11 is 3.37. The van der Waals surface area contributed by atoms with Crippen molar-refractivity contribution in [2.24, 2.45) is 7.05 Å². The summed E-state index contributed by atoms with van der Waals surface area (Å²) in [5.41, 5.74) is 1.49. The van der Waals surface area contributed by atoms with E-state index in [1.54, 1.807) is 11.7 Å². The van der Waals surface area contributed by atoms with Crippen LogP contribution >= 0.6 is 15.9 Å². The van der Waals surface area contributed by atoms with Gasteiger partial charge < -0.3 is 5.11 Å². The predicted molar refractivity (Wildman–Crippen MR) is 68.7 cm³/mol. The summed E-state index contributed by atoms with van der Waals surface area (Å²) in [6.07, 6.45) is -3.58.